The van der Waals surface area contributed by atoms with Gasteiger partial charge < -0.3 is 5.11 Å². The van der Waals surface area contributed by atoms with Crippen LogP contribution >= 0.6 is 0 Å². The Bertz CT molecular complexity index is 635. The molecule has 0 unspecified atom stereocenters. The summed E-state index contributed by atoms with van der Waals surface area (Å²) in [7, 11) is 0. The number of hydrogen-bond donors (Lipinski definition) is 1. The summed E-state index contributed by atoms with van der Waals surface area (Å²) in [6.07, 6.45) is -0.181. The fourth-order valence-electron chi connectivity index (χ4n) is 3.52. The summed E-state index contributed by atoms with van der Waals surface area (Å²) >= 11 is 0. The summed E-state index contributed by atoms with van der Waals surface area (Å²) in [5, 5.41) is 9.75. The maximum atomic E-state index is 9.75. The van der Waals surface area contributed by atoms with E-state index in [0.717, 1.165) is 13.1 Å². The van der Waals surface area contributed by atoms with Crippen molar-refractivity contribution in [2.45, 2.75) is 39.8 Å². The summed E-state index contributed by atoms with van der Waals surface area (Å²) in [5.41, 5.74) is 7.94. The molecule has 0 spiro atoms. The van der Waals surface area contributed by atoms with Crippen LogP contribution in [0.25, 0.3) is 0 Å². The number of aliphatic hydroxyl groups is 1. The molecular formula is C20H25NO. The van der Waals surface area contributed by atoms with Gasteiger partial charge in [-0.3, -0.25) is 4.90 Å². The number of aliphatic hydroxyl groups excluding tert-OH is 1. The smallest absolute Gasteiger partial charge is 0.0794 e. The Kier molecular flexibility index (Phi) is 4.07. The standard InChI is InChI=1S/C20H25NO/c1-13-5-7-18(15(3)9-13)20(21-11-17(22)12-21)19-8-6-14(2)10-16(19)4/h5-10,17,20,22H,11-12H2,1-4H3. The highest BCUT2D eigenvalue weighted by Crippen LogP contribution is 2.36. The van der Waals surface area contributed by atoms with Gasteiger partial charge >= 0.3 is 0 Å². The molecule has 0 amide bonds. The van der Waals surface area contributed by atoms with E-state index in [1.165, 1.54) is 33.4 Å². The highest BCUT2D eigenvalue weighted by atomic mass is 16.3. The zero-order chi connectivity index (χ0) is 15.9. The predicted octanol–water partition coefficient (Wildman–Crippen LogP) is 3.69. The van der Waals surface area contributed by atoms with Crippen LogP contribution in [-0.4, -0.2) is 29.2 Å². The molecule has 116 valence electrons. The van der Waals surface area contributed by atoms with Crippen molar-refractivity contribution in [2.75, 3.05) is 13.1 Å². The van der Waals surface area contributed by atoms with Gasteiger partial charge in [0, 0.05) is 13.1 Å². The largest absolute Gasteiger partial charge is 0.390 e. The molecule has 3 rings (SSSR count). The Hall–Kier alpha value is -1.64. The molecular weight excluding hydrogens is 270 g/mol. The summed E-state index contributed by atoms with van der Waals surface area (Å²) in [6, 6.07) is 13.6. The number of aryl methyl sites for hydroxylation is 4. The van der Waals surface area contributed by atoms with Crippen LogP contribution < -0.4 is 0 Å². The van der Waals surface area contributed by atoms with Crippen molar-refractivity contribution < 1.29 is 5.11 Å². The van der Waals surface area contributed by atoms with Gasteiger partial charge in [0.25, 0.3) is 0 Å². The van der Waals surface area contributed by atoms with E-state index in [0.29, 0.717) is 0 Å². The van der Waals surface area contributed by atoms with Crippen molar-refractivity contribution in [3.05, 3.63) is 69.8 Å². The number of nitrogens with zero attached hydrogens (tertiary/aromatic N) is 1. The van der Waals surface area contributed by atoms with Crippen LogP contribution in [0.1, 0.15) is 39.4 Å². The Morgan fingerprint density at radius 3 is 1.68 bits per heavy atom. The van der Waals surface area contributed by atoms with Gasteiger partial charge in [0.15, 0.2) is 0 Å². The number of benzene rings is 2. The van der Waals surface area contributed by atoms with Crippen molar-refractivity contribution in [2.24, 2.45) is 0 Å². The molecule has 2 aromatic carbocycles. The third kappa shape index (κ3) is 2.81. The third-order valence-electron chi connectivity index (χ3n) is 4.70. The molecule has 1 N–H and O–H groups in total. The topological polar surface area (TPSA) is 23.5 Å². The zero-order valence-corrected chi connectivity index (χ0v) is 13.9. The summed E-state index contributed by atoms with van der Waals surface area (Å²) in [4.78, 5) is 2.38. The lowest BCUT2D eigenvalue weighted by molar-refractivity contribution is -0.0163. The lowest BCUT2D eigenvalue weighted by Crippen LogP contribution is -2.52. The average molecular weight is 295 g/mol. The molecule has 0 aliphatic carbocycles. The zero-order valence-electron chi connectivity index (χ0n) is 13.9. The number of likely N-dealkylation sites (tertiary alicyclic amines) is 1. The molecule has 2 nitrogen and oxygen atoms in total. The SMILES string of the molecule is Cc1ccc(C(c2ccc(C)cc2C)N2CC(O)C2)c(C)c1. The summed E-state index contributed by atoms with van der Waals surface area (Å²) < 4.78 is 0. The van der Waals surface area contributed by atoms with Crippen molar-refractivity contribution in [1.29, 1.82) is 0 Å². The first-order chi connectivity index (χ1) is 10.5. The van der Waals surface area contributed by atoms with Crippen LogP contribution in [0, 0.1) is 27.7 Å². The van der Waals surface area contributed by atoms with Crippen molar-refractivity contribution in [3.63, 3.8) is 0 Å². The minimum Gasteiger partial charge on any atom is -0.390 e. The second-order valence-corrected chi connectivity index (χ2v) is 6.73. The fourth-order valence-corrected chi connectivity index (χ4v) is 3.52. The molecule has 1 fully saturated rings. The fraction of sp³-hybridized carbons (Fsp3) is 0.400. The molecule has 2 heteroatoms. The van der Waals surface area contributed by atoms with Crippen molar-refractivity contribution in [3.8, 4) is 0 Å². The predicted molar refractivity (Wildman–Crippen MR) is 91.3 cm³/mol. The Labute approximate surface area is 133 Å². The highest BCUT2D eigenvalue weighted by Gasteiger charge is 2.34. The molecule has 0 atom stereocenters. The minimum atomic E-state index is -0.181. The second-order valence-electron chi connectivity index (χ2n) is 6.73. The van der Waals surface area contributed by atoms with Crippen molar-refractivity contribution in [1.82, 2.24) is 4.90 Å². The average Bonchev–Trinajstić information content (AvgIpc) is 2.41. The quantitative estimate of drug-likeness (QED) is 0.933. The van der Waals surface area contributed by atoms with Crippen molar-refractivity contribution >= 4 is 0 Å². The molecule has 0 saturated carbocycles. The molecule has 1 heterocycles. The van der Waals surface area contributed by atoms with E-state index in [9.17, 15) is 5.11 Å². The first kappa shape index (κ1) is 15.3. The molecule has 1 aliphatic rings. The minimum absolute atomic E-state index is 0.181. The molecule has 22 heavy (non-hydrogen) atoms. The summed E-state index contributed by atoms with van der Waals surface area (Å²) in [5.74, 6) is 0. The number of β-amino-alcohol motifs (C(OH)–C–C–N with tert-alkyl or cyclic N) is 1. The van der Waals surface area contributed by atoms with Gasteiger partial charge in [0.1, 0.15) is 0 Å². The van der Waals surface area contributed by atoms with Crippen LogP contribution in [-0.2, 0) is 0 Å². The highest BCUT2D eigenvalue weighted by molar-refractivity contribution is 5.43. The maximum absolute atomic E-state index is 9.75. The van der Waals surface area contributed by atoms with Gasteiger partial charge in [-0.15, -0.1) is 0 Å². The van der Waals surface area contributed by atoms with Crippen LogP contribution in [0.2, 0.25) is 0 Å². The lowest BCUT2D eigenvalue weighted by Gasteiger charge is -2.43. The maximum Gasteiger partial charge on any atom is 0.0794 e. The Balaban J connectivity index is 2.07. The van der Waals surface area contributed by atoms with E-state index in [-0.39, 0.29) is 12.1 Å². The van der Waals surface area contributed by atoms with E-state index >= 15 is 0 Å². The van der Waals surface area contributed by atoms with E-state index in [2.05, 4.69) is 69.0 Å². The normalized spacial score (nSPS) is 16.1. The first-order valence-corrected chi connectivity index (χ1v) is 8.02. The first-order valence-electron chi connectivity index (χ1n) is 8.02. The van der Waals surface area contributed by atoms with Gasteiger partial charge in [-0.1, -0.05) is 47.5 Å². The van der Waals surface area contributed by atoms with E-state index < -0.39 is 0 Å². The molecule has 1 aliphatic heterocycles. The van der Waals surface area contributed by atoms with Gasteiger partial charge in [-0.2, -0.15) is 0 Å². The van der Waals surface area contributed by atoms with Crippen LogP contribution in [0.4, 0.5) is 0 Å². The third-order valence-corrected chi connectivity index (χ3v) is 4.70. The number of hydrogen-bond acceptors (Lipinski definition) is 2. The van der Waals surface area contributed by atoms with E-state index in [1.54, 1.807) is 0 Å². The van der Waals surface area contributed by atoms with Crippen LogP contribution in [0.3, 0.4) is 0 Å². The molecule has 0 aromatic heterocycles. The molecule has 0 radical (unpaired) electrons. The van der Waals surface area contributed by atoms with E-state index in [4.69, 9.17) is 0 Å². The second kappa shape index (κ2) is 5.86. The van der Waals surface area contributed by atoms with Crippen LogP contribution in [0.5, 0.6) is 0 Å². The van der Waals surface area contributed by atoms with Gasteiger partial charge in [-0.25, -0.2) is 0 Å². The van der Waals surface area contributed by atoms with Gasteiger partial charge in [0.2, 0.25) is 0 Å². The van der Waals surface area contributed by atoms with Crippen LogP contribution in [0.15, 0.2) is 36.4 Å². The Morgan fingerprint density at radius 1 is 0.864 bits per heavy atom. The monoisotopic (exact) mass is 295 g/mol. The molecule has 0 bridgehead atoms. The van der Waals surface area contributed by atoms with Gasteiger partial charge in [0.05, 0.1) is 12.1 Å². The van der Waals surface area contributed by atoms with Gasteiger partial charge in [-0.05, 0) is 49.9 Å². The Morgan fingerprint density at radius 2 is 1.32 bits per heavy atom. The molecule has 1 saturated heterocycles. The molecule has 2 aromatic rings. The summed E-state index contributed by atoms with van der Waals surface area (Å²) in [6.45, 7) is 10.2. The van der Waals surface area contributed by atoms with E-state index in [1.807, 2.05) is 0 Å². The number of rotatable bonds is 3. The lowest BCUT2D eigenvalue weighted by atomic mass is 9.87.